The maximum Gasteiger partial charge on any atom is 0.232 e. The molecule has 1 atom stereocenters. The van der Waals surface area contributed by atoms with Gasteiger partial charge in [-0.25, -0.2) is 0 Å². The van der Waals surface area contributed by atoms with E-state index in [0.717, 1.165) is 35.7 Å². The highest BCUT2D eigenvalue weighted by Crippen LogP contribution is 2.20. The summed E-state index contributed by atoms with van der Waals surface area (Å²) in [6, 6.07) is 8.01. The molecule has 3 nitrogen and oxygen atoms in total. The molecule has 1 amide bonds. The SMILES string of the molecule is NCC1CCCN1C(=O)CSCc1cccc(Cl)c1. The van der Waals surface area contributed by atoms with Crippen LogP contribution in [0, 0.1) is 0 Å². The van der Waals surface area contributed by atoms with E-state index in [-0.39, 0.29) is 11.9 Å². The third-order valence-corrected chi connectivity index (χ3v) is 4.58. The number of likely N-dealkylation sites (tertiary alicyclic amines) is 1. The van der Waals surface area contributed by atoms with Crippen LogP contribution < -0.4 is 5.73 Å². The molecule has 0 saturated carbocycles. The van der Waals surface area contributed by atoms with Crippen LogP contribution in [-0.2, 0) is 10.5 Å². The Morgan fingerprint density at radius 3 is 3.11 bits per heavy atom. The number of hydrogen-bond donors (Lipinski definition) is 1. The largest absolute Gasteiger partial charge is 0.338 e. The standard InChI is InChI=1S/C14H19ClN2OS/c15-12-4-1-3-11(7-12)9-19-10-14(18)17-6-2-5-13(17)8-16/h1,3-4,7,13H,2,5-6,8-10,16H2. The highest BCUT2D eigenvalue weighted by atomic mass is 35.5. The fourth-order valence-corrected chi connectivity index (χ4v) is 3.45. The van der Waals surface area contributed by atoms with E-state index in [2.05, 4.69) is 0 Å². The molecule has 1 saturated heterocycles. The molecular weight excluding hydrogens is 280 g/mol. The normalized spacial score (nSPS) is 18.8. The molecule has 0 radical (unpaired) electrons. The molecule has 1 heterocycles. The summed E-state index contributed by atoms with van der Waals surface area (Å²) in [5, 5.41) is 0.743. The zero-order chi connectivity index (χ0) is 13.7. The maximum atomic E-state index is 12.1. The molecule has 2 rings (SSSR count). The van der Waals surface area contributed by atoms with Crippen molar-refractivity contribution in [1.29, 1.82) is 0 Å². The van der Waals surface area contributed by atoms with Crippen LogP contribution in [0.1, 0.15) is 18.4 Å². The van der Waals surface area contributed by atoms with Gasteiger partial charge in [0.25, 0.3) is 0 Å². The number of carbonyl (C=O) groups excluding carboxylic acids is 1. The van der Waals surface area contributed by atoms with Crippen LogP contribution in [0.15, 0.2) is 24.3 Å². The highest BCUT2D eigenvalue weighted by Gasteiger charge is 2.26. The first kappa shape index (κ1) is 14.7. The van der Waals surface area contributed by atoms with E-state index < -0.39 is 0 Å². The van der Waals surface area contributed by atoms with Crippen molar-refractivity contribution in [2.75, 3.05) is 18.8 Å². The van der Waals surface area contributed by atoms with E-state index >= 15 is 0 Å². The monoisotopic (exact) mass is 298 g/mol. The van der Waals surface area contributed by atoms with E-state index in [0.29, 0.717) is 12.3 Å². The lowest BCUT2D eigenvalue weighted by molar-refractivity contribution is -0.128. The van der Waals surface area contributed by atoms with E-state index in [4.69, 9.17) is 17.3 Å². The molecule has 0 aliphatic carbocycles. The zero-order valence-electron chi connectivity index (χ0n) is 10.8. The van der Waals surface area contributed by atoms with Crippen molar-refractivity contribution in [2.45, 2.75) is 24.6 Å². The van der Waals surface area contributed by atoms with Gasteiger partial charge in [-0.1, -0.05) is 23.7 Å². The summed E-state index contributed by atoms with van der Waals surface area (Å²) in [5.74, 6) is 1.54. The minimum atomic E-state index is 0.208. The van der Waals surface area contributed by atoms with Crippen molar-refractivity contribution in [3.8, 4) is 0 Å². The maximum absolute atomic E-state index is 12.1. The predicted octanol–water partition coefficient (Wildman–Crippen LogP) is 2.52. The van der Waals surface area contributed by atoms with Crippen LogP contribution in [0.25, 0.3) is 0 Å². The Balaban J connectivity index is 1.78. The number of amides is 1. The quantitative estimate of drug-likeness (QED) is 0.908. The van der Waals surface area contributed by atoms with Gasteiger partial charge in [-0.15, -0.1) is 11.8 Å². The first-order valence-corrected chi connectivity index (χ1v) is 8.05. The first-order valence-electron chi connectivity index (χ1n) is 6.52. The van der Waals surface area contributed by atoms with Crippen LogP contribution in [-0.4, -0.2) is 35.7 Å². The topological polar surface area (TPSA) is 46.3 Å². The number of halogens is 1. The summed E-state index contributed by atoms with van der Waals surface area (Å²) in [6.07, 6.45) is 2.12. The Morgan fingerprint density at radius 1 is 1.53 bits per heavy atom. The van der Waals surface area contributed by atoms with Gasteiger partial charge in [0.2, 0.25) is 5.91 Å². The second-order valence-corrected chi connectivity index (χ2v) is 6.16. The third-order valence-electron chi connectivity index (χ3n) is 3.35. The molecule has 2 N–H and O–H groups in total. The van der Waals surface area contributed by atoms with Gasteiger partial charge in [0.05, 0.1) is 5.75 Å². The smallest absolute Gasteiger partial charge is 0.232 e. The van der Waals surface area contributed by atoms with Crippen molar-refractivity contribution >= 4 is 29.3 Å². The molecule has 19 heavy (non-hydrogen) atoms. The Kier molecular flexibility index (Phi) is 5.55. The number of rotatable bonds is 5. The number of benzene rings is 1. The molecule has 1 aliphatic heterocycles. The van der Waals surface area contributed by atoms with Crippen molar-refractivity contribution in [3.63, 3.8) is 0 Å². The molecule has 1 fully saturated rings. The van der Waals surface area contributed by atoms with Crippen molar-refractivity contribution in [2.24, 2.45) is 5.73 Å². The Morgan fingerprint density at radius 2 is 2.37 bits per heavy atom. The van der Waals surface area contributed by atoms with Crippen LogP contribution in [0.4, 0.5) is 0 Å². The zero-order valence-corrected chi connectivity index (χ0v) is 12.4. The van der Waals surface area contributed by atoms with Gasteiger partial charge in [-0.3, -0.25) is 4.79 Å². The van der Waals surface area contributed by atoms with Gasteiger partial charge in [0.1, 0.15) is 0 Å². The van der Waals surface area contributed by atoms with Crippen molar-refractivity contribution in [1.82, 2.24) is 4.90 Å². The first-order chi connectivity index (χ1) is 9.20. The number of hydrogen-bond acceptors (Lipinski definition) is 3. The molecule has 1 unspecified atom stereocenters. The third kappa shape index (κ3) is 4.13. The molecule has 5 heteroatoms. The summed E-state index contributed by atoms with van der Waals surface area (Å²) in [6.45, 7) is 1.43. The van der Waals surface area contributed by atoms with Crippen molar-refractivity contribution < 1.29 is 4.79 Å². The summed E-state index contributed by atoms with van der Waals surface area (Å²) >= 11 is 7.56. The number of thioether (sulfide) groups is 1. The summed E-state index contributed by atoms with van der Waals surface area (Å²) in [4.78, 5) is 14.0. The molecule has 1 aromatic carbocycles. The lowest BCUT2D eigenvalue weighted by Gasteiger charge is -2.23. The Hall–Kier alpha value is -0.710. The van der Waals surface area contributed by atoms with E-state index in [1.165, 1.54) is 0 Å². The minimum absolute atomic E-state index is 0.208. The molecule has 1 aliphatic rings. The molecule has 1 aromatic rings. The Bertz CT molecular complexity index is 441. The molecule has 0 bridgehead atoms. The summed E-state index contributed by atoms with van der Waals surface area (Å²) < 4.78 is 0. The van der Waals surface area contributed by atoms with Crippen molar-refractivity contribution in [3.05, 3.63) is 34.9 Å². The second kappa shape index (κ2) is 7.17. The second-order valence-electron chi connectivity index (χ2n) is 4.74. The van der Waals surface area contributed by atoms with Crippen LogP contribution >= 0.6 is 23.4 Å². The van der Waals surface area contributed by atoms with E-state index in [9.17, 15) is 4.79 Å². The fourth-order valence-electron chi connectivity index (χ4n) is 2.37. The van der Waals surface area contributed by atoms with Crippen LogP contribution in [0.3, 0.4) is 0 Å². The summed E-state index contributed by atoms with van der Waals surface area (Å²) in [5.41, 5.74) is 6.84. The van der Waals surface area contributed by atoms with Gasteiger partial charge >= 0.3 is 0 Å². The molecular formula is C14H19ClN2OS. The molecule has 0 spiro atoms. The van der Waals surface area contributed by atoms with Crippen LogP contribution in [0.5, 0.6) is 0 Å². The lowest BCUT2D eigenvalue weighted by Crippen LogP contribution is -2.40. The fraction of sp³-hybridized carbons (Fsp3) is 0.500. The van der Waals surface area contributed by atoms with Gasteiger partial charge in [0.15, 0.2) is 0 Å². The summed E-state index contributed by atoms with van der Waals surface area (Å²) in [7, 11) is 0. The van der Waals surface area contributed by atoms with Gasteiger partial charge in [0, 0.05) is 29.9 Å². The minimum Gasteiger partial charge on any atom is -0.338 e. The van der Waals surface area contributed by atoms with E-state index in [1.807, 2.05) is 29.2 Å². The van der Waals surface area contributed by atoms with E-state index in [1.54, 1.807) is 11.8 Å². The lowest BCUT2D eigenvalue weighted by atomic mass is 10.2. The highest BCUT2D eigenvalue weighted by molar-refractivity contribution is 7.99. The number of carbonyl (C=O) groups is 1. The predicted molar refractivity (Wildman–Crippen MR) is 81.4 cm³/mol. The van der Waals surface area contributed by atoms with Gasteiger partial charge in [-0.2, -0.15) is 0 Å². The average molecular weight is 299 g/mol. The average Bonchev–Trinajstić information content (AvgIpc) is 2.87. The van der Waals surface area contributed by atoms with Gasteiger partial charge in [-0.05, 0) is 30.5 Å². The molecule has 104 valence electrons. The Labute approximate surface area is 123 Å². The number of nitrogens with two attached hydrogens (primary N) is 1. The number of nitrogens with zero attached hydrogens (tertiary/aromatic N) is 1. The van der Waals surface area contributed by atoms with Crippen LogP contribution in [0.2, 0.25) is 5.02 Å². The molecule has 0 aromatic heterocycles. The van der Waals surface area contributed by atoms with Gasteiger partial charge < -0.3 is 10.6 Å².